The van der Waals surface area contributed by atoms with Crippen molar-refractivity contribution < 1.29 is 0 Å². The van der Waals surface area contributed by atoms with Gasteiger partial charge < -0.3 is 4.57 Å². The molecular formula is C22H19N. The van der Waals surface area contributed by atoms with Crippen LogP contribution in [0.5, 0.6) is 0 Å². The number of rotatable bonds is 2. The van der Waals surface area contributed by atoms with E-state index in [0.29, 0.717) is 0 Å². The molecule has 0 radical (unpaired) electrons. The topological polar surface area (TPSA) is 4.93 Å². The van der Waals surface area contributed by atoms with Gasteiger partial charge in [-0.05, 0) is 37.0 Å². The quantitative estimate of drug-likeness (QED) is 0.446. The van der Waals surface area contributed by atoms with Crippen LogP contribution in [0.2, 0.25) is 0 Å². The maximum absolute atomic E-state index is 2.61. The highest BCUT2D eigenvalue weighted by molar-refractivity contribution is 6.08. The van der Waals surface area contributed by atoms with E-state index in [9.17, 15) is 0 Å². The van der Waals surface area contributed by atoms with E-state index in [1.807, 2.05) is 0 Å². The molecule has 0 atom stereocenters. The molecule has 23 heavy (non-hydrogen) atoms. The molecule has 3 aromatic carbocycles. The maximum atomic E-state index is 2.61. The van der Waals surface area contributed by atoms with E-state index in [-0.39, 0.29) is 5.54 Å². The largest absolute Gasteiger partial charge is 0.330 e. The lowest BCUT2D eigenvalue weighted by Crippen LogP contribution is -2.41. The summed E-state index contributed by atoms with van der Waals surface area (Å²) >= 11 is 0. The highest BCUT2D eigenvalue weighted by atomic mass is 15.1. The summed E-state index contributed by atoms with van der Waals surface area (Å²) in [6.45, 7) is 0. The normalized spacial score (nSPS) is 16.5. The highest BCUT2D eigenvalue weighted by Crippen LogP contribution is 2.49. The van der Waals surface area contributed by atoms with Crippen LogP contribution in [0.4, 0.5) is 0 Å². The zero-order chi connectivity index (χ0) is 15.3. The van der Waals surface area contributed by atoms with Crippen LogP contribution in [0.25, 0.3) is 21.8 Å². The molecule has 1 heterocycles. The van der Waals surface area contributed by atoms with Crippen LogP contribution in [0.1, 0.15) is 24.8 Å². The van der Waals surface area contributed by atoms with Gasteiger partial charge in [0.15, 0.2) is 0 Å². The molecule has 1 heteroatoms. The van der Waals surface area contributed by atoms with Crippen LogP contribution in [0.15, 0.2) is 78.9 Å². The van der Waals surface area contributed by atoms with Crippen molar-refractivity contribution in [3.63, 3.8) is 0 Å². The van der Waals surface area contributed by atoms with Gasteiger partial charge in [-0.25, -0.2) is 0 Å². The van der Waals surface area contributed by atoms with Gasteiger partial charge in [0.1, 0.15) is 0 Å². The van der Waals surface area contributed by atoms with Gasteiger partial charge in [0.05, 0.1) is 5.54 Å². The van der Waals surface area contributed by atoms with Gasteiger partial charge >= 0.3 is 0 Å². The summed E-state index contributed by atoms with van der Waals surface area (Å²) in [6.07, 6.45) is 3.75. The van der Waals surface area contributed by atoms with Gasteiger partial charge in [0.25, 0.3) is 0 Å². The summed E-state index contributed by atoms with van der Waals surface area (Å²) < 4.78 is 2.61. The number of aromatic nitrogens is 1. The molecule has 0 N–H and O–H groups in total. The van der Waals surface area contributed by atoms with E-state index >= 15 is 0 Å². The second-order valence-corrected chi connectivity index (χ2v) is 6.62. The predicted molar refractivity (Wildman–Crippen MR) is 96.8 cm³/mol. The third-order valence-electron chi connectivity index (χ3n) is 5.50. The average molecular weight is 297 g/mol. The third kappa shape index (κ3) is 1.68. The number of para-hydroxylation sites is 2. The first-order chi connectivity index (χ1) is 11.4. The summed E-state index contributed by atoms with van der Waals surface area (Å²) in [7, 11) is 0. The van der Waals surface area contributed by atoms with Gasteiger partial charge in [-0.15, -0.1) is 0 Å². The van der Waals surface area contributed by atoms with E-state index in [4.69, 9.17) is 0 Å². The molecule has 1 fully saturated rings. The Hall–Kier alpha value is -2.54. The van der Waals surface area contributed by atoms with E-state index in [1.54, 1.807) is 0 Å². The van der Waals surface area contributed by atoms with E-state index < -0.39 is 0 Å². The Balaban J connectivity index is 1.91. The second kappa shape index (κ2) is 4.73. The van der Waals surface area contributed by atoms with Crippen LogP contribution < -0.4 is 0 Å². The molecule has 0 bridgehead atoms. The minimum Gasteiger partial charge on any atom is -0.330 e. The van der Waals surface area contributed by atoms with Crippen LogP contribution in [-0.4, -0.2) is 4.57 Å². The van der Waals surface area contributed by atoms with Gasteiger partial charge in [-0.2, -0.15) is 0 Å². The van der Waals surface area contributed by atoms with Crippen molar-refractivity contribution in [3.05, 3.63) is 84.4 Å². The van der Waals surface area contributed by atoms with Crippen molar-refractivity contribution in [1.82, 2.24) is 4.57 Å². The van der Waals surface area contributed by atoms with Crippen LogP contribution in [0, 0.1) is 0 Å². The Morgan fingerprint density at radius 2 is 1.13 bits per heavy atom. The maximum Gasteiger partial charge on any atom is 0.0703 e. The number of hydrogen-bond donors (Lipinski definition) is 0. The Kier molecular flexibility index (Phi) is 2.66. The molecule has 0 spiro atoms. The number of benzene rings is 3. The molecule has 0 unspecified atom stereocenters. The van der Waals surface area contributed by atoms with E-state index in [1.165, 1.54) is 46.6 Å². The highest BCUT2D eigenvalue weighted by Gasteiger charge is 2.41. The molecule has 1 aromatic heterocycles. The van der Waals surface area contributed by atoms with Crippen molar-refractivity contribution in [1.29, 1.82) is 0 Å². The fourth-order valence-corrected chi connectivity index (χ4v) is 4.29. The van der Waals surface area contributed by atoms with Crippen LogP contribution >= 0.6 is 0 Å². The molecule has 4 aromatic rings. The Bertz CT molecular complexity index is 937. The lowest BCUT2D eigenvalue weighted by Gasteiger charge is -2.45. The van der Waals surface area contributed by atoms with Crippen molar-refractivity contribution >= 4 is 21.8 Å². The molecular weight excluding hydrogens is 278 g/mol. The van der Waals surface area contributed by atoms with Crippen molar-refractivity contribution in [3.8, 4) is 0 Å². The molecule has 0 aliphatic heterocycles. The molecule has 0 amide bonds. The molecule has 5 rings (SSSR count). The van der Waals surface area contributed by atoms with Crippen molar-refractivity contribution in [2.75, 3.05) is 0 Å². The van der Waals surface area contributed by atoms with Crippen molar-refractivity contribution in [2.45, 2.75) is 24.8 Å². The first-order valence-electron chi connectivity index (χ1n) is 8.44. The van der Waals surface area contributed by atoms with Gasteiger partial charge in [-0.1, -0.05) is 66.7 Å². The van der Waals surface area contributed by atoms with Crippen molar-refractivity contribution in [2.24, 2.45) is 0 Å². The zero-order valence-corrected chi connectivity index (χ0v) is 13.1. The smallest absolute Gasteiger partial charge is 0.0703 e. The monoisotopic (exact) mass is 297 g/mol. The number of fused-ring (bicyclic) bond motifs is 3. The minimum absolute atomic E-state index is 0.115. The van der Waals surface area contributed by atoms with Gasteiger partial charge in [0, 0.05) is 21.8 Å². The lowest BCUT2D eigenvalue weighted by atomic mass is 9.71. The van der Waals surface area contributed by atoms with Gasteiger partial charge in [-0.3, -0.25) is 0 Å². The SMILES string of the molecule is c1ccc(C2(n3c4ccccc4c4ccccc43)CCC2)cc1. The predicted octanol–water partition coefficient (Wildman–Crippen LogP) is 5.72. The number of nitrogens with zero attached hydrogens (tertiary/aromatic N) is 1. The molecule has 1 aliphatic rings. The summed E-state index contributed by atoms with van der Waals surface area (Å²) in [5.41, 5.74) is 4.27. The van der Waals surface area contributed by atoms with Gasteiger partial charge in [0.2, 0.25) is 0 Å². The Morgan fingerprint density at radius 1 is 0.609 bits per heavy atom. The Morgan fingerprint density at radius 3 is 1.65 bits per heavy atom. The molecule has 112 valence electrons. The molecule has 1 aliphatic carbocycles. The van der Waals surface area contributed by atoms with Crippen LogP contribution in [-0.2, 0) is 5.54 Å². The summed E-state index contributed by atoms with van der Waals surface area (Å²) in [6, 6.07) is 28.7. The summed E-state index contributed by atoms with van der Waals surface area (Å²) in [4.78, 5) is 0. The van der Waals surface area contributed by atoms with E-state index in [0.717, 1.165) is 0 Å². The third-order valence-corrected chi connectivity index (χ3v) is 5.50. The summed E-state index contributed by atoms with van der Waals surface area (Å²) in [5, 5.41) is 2.73. The van der Waals surface area contributed by atoms with Crippen LogP contribution in [0.3, 0.4) is 0 Å². The fourth-order valence-electron chi connectivity index (χ4n) is 4.29. The molecule has 1 nitrogen and oxygen atoms in total. The first kappa shape index (κ1) is 13.0. The zero-order valence-electron chi connectivity index (χ0n) is 13.1. The lowest BCUT2D eigenvalue weighted by molar-refractivity contribution is 0.210. The van der Waals surface area contributed by atoms with E-state index in [2.05, 4.69) is 83.4 Å². The minimum atomic E-state index is 0.115. The number of hydrogen-bond acceptors (Lipinski definition) is 0. The Labute approximate surface area is 136 Å². The average Bonchev–Trinajstić information content (AvgIpc) is 2.91. The second-order valence-electron chi connectivity index (χ2n) is 6.62. The standard InChI is InChI=1S/C22H19N/c1-2-9-17(10-3-1)22(15-8-16-22)23-20-13-6-4-11-18(20)19-12-5-7-14-21(19)23/h1-7,9-14H,8,15-16H2. The fraction of sp³-hybridized carbons (Fsp3) is 0.182. The molecule has 0 saturated heterocycles. The molecule has 1 saturated carbocycles. The first-order valence-corrected chi connectivity index (χ1v) is 8.44. The summed E-state index contributed by atoms with van der Waals surface area (Å²) in [5.74, 6) is 0.